The van der Waals surface area contributed by atoms with Gasteiger partial charge in [-0.1, -0.05) is 0 Å². The van der Waals surface area contributed by atoms with E-state index >= 15 is 0 Å². The second-order valence-corrected chi connectivity index (χ2v) is 7.06. The molecule has 13 heteroatoms. The molecule has 1 saturated heterocycles. The van der Waals surface area contributed by atoms with Gasteiger partial charge in [0.25, 0.3) is 0 Å². The van der Waals surface area contributed by atoms with Crippen molar-refractivity contribution in [1.29, 1.82) is 0 Å². The summed E-state index contributed by atoms with van der Waals surface area (Å²) in [6.45, 7) is 2.49. The van der Waals surface area contributed by atoms with Crippen LogP contribution < -0.4 is 38.9 Å². The van der Waals surface area contributed by atoms with Gasteiger partial charge in [-0.25, -0.2) is 0 Å². The van der Waals surface area contributed by atoms with Gasteiger partial charge in [0, 0.05) is 13.1 Å². The van der Waals surface area contributed by atoms with Crippen LogP contribution in [0, 0.1) is 0 Å². The predicted molar refractivity (Wildman–Crippen MR) is 114 cm³/mol. The Morgan fingerprint density at radius 1 is 1.20 bits per heavy atom. The molecule has 0 aromatic carbocycles. The van der Waals surface area contributed by atoms with Crippen LogP contribution in [0.2, 0.25) is 0 Å². The number of hydrogen-bond acceptors (Lipinski definition) is 7. The number of guanidine groups is 2. The van der Waals surface area contributed by atoms with E-state index in [9.17, 15) is 14.4 Å². The van der Waals surface area contributed by atoms with Crippen LogP contribution in [0.3, 0.4) is 0 Å². The van der Waals surface area contributed by atoms with Crippen LogP contribution in [-0.4, -0.2) is 72.9 Å². The minimum Gasteiger partial charge on any atom is -0.370 e. The molecule has 2 amide bonds. The molecule has 3 atom stereocenters. The van der Waals surface area contributed by atoms with Gasteiger partial charge in [-0.2, -0.15) is 0 Å². The largest absolute Gasteiger partial charge is 0.370 e. The number of aliphatic imine (C=N–C) groups is 1. The maximum absolute atomic E-state index is 12.3. The minimum absolute atomic E-state index is 0.0261. The van der Waals surface area contributed by atoms with Crippen LogP contribution in [-0.2, 0) is 14.4 Å². The number of rotatable bonds is 12. The van der Waals surface area contributed by atoms with E-state index in [2.05, 4.69) is 26.0 Å². The first kappa shape index (κ1) is 24.9. The van der Waals surface area contributed by atoms with E-state index in [-0.39, 0.29) is 30.5 Å². The Morgan fingerprint density at radius 2 is 1.93 bits per heavy atom. The summed E-state index contributed by atoms with van der Waals surface area (Å²) < 4.78 is 0. The first-order valence-electron chi connectivity index (χ1n) is 9.93. The number of amides is 2. The topological polar surface area (TPSA) is 219 Å². The number of carbonyl (C=O) groups excluding carboxylic acids is 3. The highest BCUT2D eigenvalue weighted by atomic mass is 16.2. The second-order valence-electron chi connectivity index (χ2n) is 7.06. The van der Waals surface area contributed by atoms with Crippen LogP contribution in [0.4, 0.5) is 0 Å². The van der Waals surface area contributed by atoms with Gasteiger partial charge in [-0.05, 0) is 39.0 Å². The standard InChI is InChI=1S/C17H34N10O3/c1-11(24-13-6-2-3-8-27(13)26-17(20)21)15(30)23-9-14(29)25-12(10-28)5-4-7-22-16(18)19/h10-13,24H,2-9H2,1H3,(H,23,30)(H,25,29)(H4,18,19,22)(H4,20,21,26)/t11-,12-,13?/m0/s1. The summed E-state index contributed by atoms with van der Waals surface area (Å²) in [7, 11) is 0. The molecule has 1 heterocycles. The molecular formula is C17H34N10O3. The number of hydrogen-bond donors (Lipinski definition) is 7. The average Bonchev–Trinajstić information content (AvgIpc) is 2.69. The Bertz CT molecular complexity index is 631. The molecule has 1 rings (SSSR count). The summed E-state index contributed by atoms with van der Waals surface area (Å²) in [6, 6.07) is -1.24. The monoisotopic (exact) mass is 426 g/mol. The molecule has 11 N–H and O–H groups in total. The quantitative estimate of drug-likeness (QED) is 0.0722. The highest BCUT2D eigenvalue weighted by Crippen LogP contribution is 2.15. The van der Waals surface area contributed by atoms with E-state index < -0.39 is 18.0 Å². The SMILES string of the molecule is C[C@H](NC1CCCCN1N=C(N)N)C(=O)NCC(=O)N[C@H](C=O)CCCN=C(N)N. The van der Waals surface area contributed by atoms with Gasteiger partial charge >= 0.3 is 0 Å². The molecule has 0 aromatic rings. The predicted octanol–water partition coefficient (Wildman–Crippen LogP) is -3.18. The smallest absolute Gasteiger partial charge is 0.239 e. The molecular weight excluding hydrogens is 392 g/mol. The summed E-state index contributed by atoms with van der Waals surface area (Å²) in [5.41, 5.74) is 21.4. The van der Waals surface area contributed by atoms with Gasteiger partial charge < -0.3 is 38.4 Å². The Kier molecular flexibility index (Phi) is 11.0. The highest BCUT2D eigenvalue weighted by Gasteiger charge is 2.25. The highest BCUT2D eigenvalue weighted by molar-refractivity contribution is 5.88. The molecule has 0 spiro atoms. The van der Waals surface area contributed by atoms with Crippen LogP contribution >= 0.6 is 0 Å². The fraction of sp³-hybridized carbons (Fsp3) is 0.706. The number of piperidine rings is 1. The van der Waals surface area contributed by atoms with E-state index in [1.165, 1.54) is 0 Å². The van der Waals surface area contributed by atoms with Crippen molar-refractivity contribution in [1.82, 2.24) is 21.0 Å². The minimum atomic E-state index is -0.672. The maximum Gasteiger partial charge on any atom is 0.239 e. The van der Waals surface area contributed by atoms with Gasteiger partial charge in [0.15, 0.2) is 5.96 Å². The third kappa shape index (κ3) is 9.91. The Balaban J connectivity index is 2.40. The first-order valence-corrected chi connectivity index (χ1v) is 9.93. The van der Waals surface area contributed by atoms with Gasteiger partial charge in [0.1, 0.15) is 6.29 Å². The van der Waals surface area contributed by atoms with Crippen molar-refractivity contribution in [2.75, 3.05) is 19.6 Å². The molecule has 1 aliphatic rings. The zero-order valence-corrected chi connectivity index (χ0v) is 17.3. The Labute approximate surface area is 176 Å². The van der Waals surface area contributed by atoms with Crippen molar-refractivity contribution >= 4 is 30.0 Å². The number of nitrogens with two attached hydrogens (primary N) is 4. The molecule has 1 unspecified atom stereocenters. The van der Waals surface area contributed by atoms with E-state index in [0.717, 1.165) is 19.3 Å². The molecule has 1 fully saturated rings. The summed E-state index contributed by atoms with van der Waals surface area (Å²) in [5.74, 6) is -0.882. The third-order valence-corrected chi connectivity index (χ3v) is 4.46. The van der Waals surface area contributed by atoms with Crippen molar-refractivity contribution in [2.24, 2.45) is 33.0 Å². The molecule has 170 valence electrons. The molecule has 0 aliphatic carbocycles. The average molecular weight is 427 g/mol. The maximum atomic E-state index is 12.3. The van der Waals surface area contributed by atoms with E-state index in [1.54, 1.807) is 11.9 Å². The first-order chi connectivity index (χ1) is 14.2. The molecule has 0 bridgehead atoms. The lowest BCUT2D eigenvalue weighted by Crippen LogP contribution is -2.55. The van der Waals surface area contributed by atoms with Crippen LogP contribution in [0.5, 0.6) is 0 Å². The molecule has 1 aliphatic heterocycles. The molecule has 0 saturated carbocycles. The van der Waals surface area contributed by atoms with Crippen LogP contribution in [0.1, 0.15) is 39.0 Å². The molecule has 0 radical (unpaired) electrons. The summed E-state index contributed by atoms with van der Waals surface area (Å²) in [5, 5.41) is 14.1. The molecule has 30 heavy (non-hydrogen) atoms. The summed E-state index contributed by atoms with van der Waals surface area (Å²) in [4.78, 5) is 39.3. The normalized spacial score (nSPS) is 17.9. The number of carbonyl (C=O) groups is 3. The lowest BCUT2D eigenvalue weighted by molar-refractivity contribution is -0.128. The van der Waals surface area contributed by atoms with Crippen LogP contribution in [0.25, 0.3) is 0 Å². The van der Waals surface area contributed by atoms with Crippen molar-refractivity contribution in [3.63, 3.8) is 0 Å². The van der Waals surface area contributed by atoms with Crippen molar-refractivity contribution in [2.45, 2.75) is 57.3 Å². The van der Waals surface area contributed by atoms with Crippen molar-refractivity contribution in [3.05, 3.63) is 0 Å². The van der Waals surface area contributed by atoms with Crippen molar-refractivity contribution in [3.8, 4) is 0 Å². The van der Waals surface area contributed by atoms with Crippen LogP contribution in [0.15, 0.2) is 10.1 Å². The van der Waals surface area contributed by atoms with Gasteiger partial charge in [0.05, 0.1) is 24.8 Å². The van der Waals surface area contributed by atoms with E-state index in [0.29, 0.717) is 32.2 Å². The molecule has 13 nitrogen and oxygen atoms in total. The number of hydrazone groups is 1. The van der Waals surface area contributed by atoms with Crippen molar-refractivity contribution < 1.29 is 14.4 Å². The summed E-state index contributed by atoms with van der Waals surface area (Å²) in [6.07, 6.45) is 4.11. The lowest BCUT2D eigenvalue weighted by Gasteiger charge is -2.35. The third-order valence-electron chi connectivity index (χ3n) is 4.46. The zero-order chi connectivity index (χ0) is 22.5. The number of aldehydes is 1. The fourth-order valence-electron chi connectivity index (χ4n) is 2.99. The van der Waals surface area contributed by atoms with Gasteiger partial charge in [-0.15, -0.1) is 5.10 Å². The zero-order valence-electron chi connectivity index (χ0n) is 17.3. The fourth-order valence-corrected chi connectivity index (χ4v) is 2.99. The molecule has 0 aromatic heterocycles. The number of nitrogens with zero attached hydrogens (tertiary/aromatic N) is 3. The summed E-state index contributed by atoms with van der Waals surface area (Å²) >= 11 is 0. The number of nitrogens with one attached hydrogen (secondary N) is 3. The second kappa shape index (κ2) is 13.2. The Hall–Kier alpha value is -3.09. The van der Waals surface area contributed by atoms with Gasteiger partial charge in [0.2, 0.25) is 17.8 Å². The van der Waals surface area contributed by atoms with E-state index in [4.69, 9.17) is 22.9 Å². The lowest BCUT2D eigenvalue weighted by atomic mass is 10.1. The Morgan fingerprint density at radius 3 is 2.57 bits per heavy atom. The van der Waals surface area contributed by atoms with Gasteiger partial charge in [-0.3, -0.25) is 24.9 Å². The van der Waals surface area contributed by atoms with E-state index in [1.807, 2.05) is 0 Å².